The summed E-state index contributed by atoms with van der Waals surface area (Å²) in [5.41, 5.74) is 0.393. The third-order valence-electron chi connectivity index (χ3n) is 4.46. The van der Waals surface area contributed by atoms with Crippen LogP contribution in [0, 0.1) is 38.5 Å². The summed E-state index contributed by atoms with van der Waals surface area (Å²) in [5.74, 6) is 1.37. The smallest absolute Gasteiger partial charge is 0.339 e. The lowest BCUT2D eigenvalue weighted by atomic mass is 9.82. The highest BCUT2D eigenvalue weighted by Gasteiger charge is 2.32. The van der Waals surface area contributed by atoms with E-state index in [0.29, 0.717) is 6.42 Å². The molecule has 0 spiro atoms. The van der Waals surface area contributed by atoms with Gasteiger partial charge >= 0.3 is 5.97 Å². The summed E-state index contributed by atoms with van der Waals surface area (Å²) < 4.78 is 5.55. The first-order valence-corrected chi connectivity index (χ1v) is 8.09. The molecule has 8 heteroatoms. The Bertz CT molecular complexity index is 946. The minimum Gasteiger partial charge on any atom is -0.453 e. The van der Waals surface area contributed by atoms with Gasteiger partial charge in [-0.2, -0.15) is 0 Å². The molecule has 0 saturated carbocycles. The van der Waals surface area contributed by atoms with Crippen molar-refractivity contribution in [2.24, 2.45) is 5.92 Å². The Kier molecular flexibility index (Phi) is 4.86. The largest absolute Gasteiger partial charge is 0.453 e. The zero-order valence-corrected chi connectivity index (χ0v) is 14.0. The Morgan fingerprint density at radius 3 is 2.33 bits per heavy atom. The number of benzene rings is 2. The maximum Gasteiger partial charge on any atom is 0.339 e. The van der Waals surface area contributed by atoms with Crippen molar-refractivity contribution in [1.82, 2.24) is 0 Å². The summed E-state index contributed by atoms with van der Waals surface area (Å²) in [7, 11) is 0. The molecule has 0 heterocycles. The fourth-order valence-electron chi connectivity index (χ4n) is 3.14. The standard InChI is InChI=1S/C19H14N2O6/c1-2-12-7-8-13-5-3-4-6-17(13)18(12)27-19(22)14-9-15(20(23)24)11-16(10-14)21(25)26/h1,3-6,9-12,18H,7-8H2/t12-,18-/m0/s1. The molecule has 2 atom stereocenters. The molecule has 0 amide bonds. The summed E-state index contributed by atoms with van der Waals surface area (Å²) >= 11 is 0. The van der Waals surface area contributed by atoms with E-state index in [0.717, 1.165) is 35.7 Å². The number of ether oxygens (including phenoxy) is 1. The second-order valence-corrected chi connectivity index (χ2v) is 6.09. The van der Waals surface area contributed by atoms with Crippen LogP contribution in [0.1, 0.15) is 34.0 Å². The van der Waals surface area contributed by atoms with Gasteiger partial charge in [0, 0.05) is 12.1 Å². The maximum absolute atomic E-state index is 12.6. The summed E-state index contributed by atoms with van der Waals surface area (Å²) in [4.78, 5) is 33.0. The molecule has 0 aliphatic heterocycles. The Morgan fingerprint density at radius 1 is 1.11 bits per heavy atom. The summed E-state index contributed by atoms with van der Waals surface area (Å²) in [6, 6.07) is 10.1. The number of carbonyl (C=O) groups is 1. The van der Waals surface area contributed by atoms with E-state index >= 15 is 0 Å². The van der Waals surface area contributed by atoms with Gasteiger partial charge < -0.3 is 4.74 Å². The molecule has 8 nitrogen and oxygen atoms in total. The summed E-state index contributed by atoms with van der Waals surface area (Å²) in [6.07, 6.45) is 6.23. The highest BCUT2D eigenvalue weighted by atomic mass is 16.6. The third-order valence-corrected chi connectivity index (χ3v) is 4.46. The first-order chi connectivity index (χ1) is 12.9. The number of hydrogen-bond acceptors (Lipinski definition) is 6. The molecule has 136 valence electrons. The van der Waals surface area contributed by atoms with Crippen LogP contribution in [0.5, 0.6) is 0 Å². The van der Waals surface area contributed by atoms with Crippen molar-refractivity contribution in [3.63, 3.8) is 0 Å². The average molecular weight is 366 g/mol. The molecule has 27 heavy (non-hydrogen) atoms. The van der Waals surface area contributed by atoms with Crippen molar-refractivity contribution in [1.29, 1.82) is 0 Å². The number of aryl methyl sites for hydroxylation is 1. The van der Waals surface area contributed by atoms with Crippen molar-refractivity contribution >= 4 is 17.3 Å². The highest BCUT2D eigenvalue weighted by Crippen LogP contribution is 2.37. The lowest BCUT2D eigenvalue weighted by molar-refractivity contribution is -0.394. The fourth-order valence-corrected chi connectivity index (χ4v) is 3.14. The van der Waals surface area contributed by atoms with Crippen LogP contribution in [-0.2, 0) is 11.2 Å². The van der Waals surface area contributed by atoms with Crippen LogP contribution < -0.4 is 0 Å². The average Bonchev–Trinajstić information content (AvgIpc) is 2.67. The lowest BCUT2D eigenvalue weighted by Crippen LogP contribution is -2.24. The topological polar surface area (TPSA) is 113 Å². The molecule has 0 saturated heterocycles. The lowest BCUT2D eigenvalue weighted by Gasteiger charge is -2.30. The molecule has 0 unspecified atom stereocenters. The quantitative estimate of drug-likeness (QED) is 0.354. The van der Waals surface area contributed by atoms with Crippen molar-refractivity contribution in [3.8, 4) is 12.3 Å². The third kappa shape index (κ3) is 3.62. The second kappa shape index (κ2) is 7.25. The minimum atomic E-state index is -0.899. The van der Waals surface area contributed by atoms with Crippen LogP contribution in [-0.4, -0.2) is 15.8 Å². The molecular formula is C19H14N2O6. The maximum atomic E-state index is 12.6. The van der Waals surface area contributed by atoms with Crippen LogP contribution in [0.25, 0.3) is 0 Å². The SMILES string of the molecule is C#C[C@H]1CCc2ccccc2[C@H]1OC(=O)c1cc([N+](=O)[O-])cc([N+](=O)[O-])c1. The number of nitrogens with zero attached hydrogens (tertiary/aromatic N) is 2. The molecule has 0 fully saturated rings. The van der Waals surface area contributed by atoms with Gasteiger partial charge in [0.05, 0.1) is 27.4 Å². The first kappa shape index (κ1) is 18.1. The number of fused-ring (bicyclic) bond motifs is 1. The number of nitro groups is 2. The number of hydrogen-bond donors (Lipinski definition) is 0. The van der Waals surface area contributed by atoms with Crippen LogP contribution in [0.2, 0.25) is 0 Å². The van der Waals surface area contributed by atoms with E-state index in [9.17, 15) is 25.0 Å². The first-order valence-electron chi connectivity index (χ1n) is 8.09. The van der Waals surface area contributed by atoms with Gasteiger partial charge in [-0.15, -0.1) is 6.42 Å². The van der Waals surface area contributed by atoms with Crippen molar-refractivity contribution in [3.05, 3.63) is 79.4 Å². The van der Waals surface area contributed by atoms with Gasteiger partial charge in [-0.3, -0.25) is 20.2 Å². The number of esters is 1. The number of terminal acetylenes is 1. The summed E-state index contributed by atoms with van der Waals surface area (Å²) in [6.45, 7) is 0. The van der Waals surface area contributed by atoms with E-state index in [-0.39, 0.29) is 11.5 Å². The fraction of sp³-hybridized carbons (Fsp3) is 0.211. The zero-order chi connectivity index (χ0) is 19.6. The molecule has 1 aliphatic rings. The molecule has 3 rings (SSSR count). The Balaban J connectivity index is 1.96. The number of non-ortho nitro benzene ring substituents is 2. The number of carbonyl (C=O) groups excluding carboxylic acids is 1. The monoisotopic (exact) mass is 366 g/mol. The predicted molar refractivity (Wildman–Crippen MR) is 95.0 cm³/mol. The van der Waals surface area contributed by atoms with Gasteiger partial charge in [0.25, 0.3) is 11.4 Å². The Hall–Kier alpha value is -3.73. The molecule has 2 aromatic carbocycles. The summed E-state index contributed by atoms with van der Waals surface area (Å²) in [5, 5.41) is 22.0. The predicted octanol–water partition coefficient (Wildman–Crippen LogP) is 3.60. The van der Waals surface area contributed by atoms with E-state index in [1.165, 1.54) is 0 Å². The van der Waals surface area contributed by atoms with Crippen molar-refractivity contribution < 1.29 is 19.4 Å². The van der Waals surface area contributed by atoms with Crippen LogP contribution >= 0.6 is 0 Å². The highest BCUT2D eigenvalue weighted by molar-refractivity contribution is 5.91. The van der Waals surface area contributed by atoms with Gasteiger partial charge in [-0.1, -0.05) is 30.2 Å². The Morgan fingerprint density at radius 2 is 1.74 bits per heavy atom. The number of rotatable bonds is 4. The molecule has 0 aromatic heterocycles. The van der Waals surface area contributed by atoms with Gasteiger partial charge in [0.2, 0.25) is 0 Å². The van der Waals surface area contributed by atoms with Gasteiger partial charge in [-0.25, -0.2) is 4.79 Å². The second-order valence-electron chi connectivity index (χ2n) is 6.09. The zero-order valence-electron chi connectivity index (χ0n) is 14.0. The molecule has 2 aromatic rings. The van der Waals surface area contributed by atoms with E-state index in [1.807, 2.05) is 18.2 Å². The van der Waals surface area contributed by atoms with E-state index in [1.54, 1.807) is 6.07 Å². The van der Waals surface area contributed by atoms with Crippen LogP contribution in [0.15, 0.2) is 42.5 Å². The molecule has 0 bridgehead atoms. The van der Waals surface area contributed by atoms with Gasteiger partial charge in [0.15, 0.2) is 0 Å². The Labute approximate surface area is 154 Å². The molecule has 1 aliphatic carbocycles. The van der Waals surface area contributed by atoms with Gasteiger partial charge in [-0.05, 0) is 24.0 Å². The van der Waals surface area contributed by atoms with E-state index in [4.69, 9.17) is 11.2 Å². The molecule has 0 N–H and O–H groups in total. The normalized spacial score (nSPS) is 18.0. The van der Waals surface area contributed by atoms with Crippen molar-refractivity contribution in [2.45, 2.75) is 18.9 Å². The van der Waals surface area contributed by atoms with E-state index < -0.39 is 33.3 Å². The number of nitro benzene ring substituents is 2. The van der Waals surface area contributed by atoms with Crippen LogP contribution in [0.4, 0.5) is 11.4 Å². The molecular weight excluding hydrogens is 352 g/mol. The van der Waals surface area contributed by atoms with Crippen molar-refractivity contribution in [2.75, 3.05) is 0 Å². The van der Waals surface area contributed by atoms with Gasteiger partial charge in [0.1, 0.15) is 6.10 Å². The van der Waals surface area contributed by atoms with E-state index in [2.05, 4.69) is 5.92 Å². The van der Waals surface area contributed by atoms with Crippen LogP contribution in [0.3, 0.4) is 0 Å². The minimum absolute atomic E-state index is 0.269. The molecule has 0 radical (unpaired) electrons.